The van der Waals surface area contributed by atoms with Crippen LogP contribution in [0, 0.1) is 13.8 Å². The fraction of sp³-hybridized carbons (Fsp3) is 0.600. The number of rotatable bonds is 4. The highest BCUT2D eigenvalue weighted by Gasteiger charge is 2.23. The first kappa shape index (κ1) is 13.4. The van der Waals surface area contributed by atoms with Crippen LogP contribution in [0.1, 0.15) is 36.8 Å². The third kappa shape index (κ3) is 3.03. The minimum atomic E-state index is 0.573. The minimum absolute atomic E-state index is 0.573. The van der Waals surface area contributed by atoms with E-state index in [0.717, 1.165) is 13.0 Å². The number of hydrogen-bond acceptors (Lipinski definition) is 3. The second-order valence-electron chi connectivity index (χ2n) is 5.29. The van der Waals surface area contributed by atoms with Gasteiger partial charge in [0.1, 0.15) is 0 Å². The molecule has 1 fully saturated rings. The molecule has 18 heavy (non-hydrogen) atoms. The third-order valence-corrected chi connectivity index (χ3v) is 3.86. The first-order chi connectivity index (χ1) is 8.72. The Morgan fingerprint density at radius 1 is 1.33 bits per heavy atom. The van der Waals surface area contributed by atoms with Crippen molar-refractivity contribution in [3.8, 4) is 0 Å². The van der Waals surface area contributed by atoms with Gasteiger partial charge in [-0.15, -0.1) is 0 Å². The summed E-state index contributed by atoms with van der Waals surface area (Å²) in [6.45, 7) is 6.14. The molecule has 2 rings (SSSR count). The number of anilines is 1. The van der Waals surface area contributed by atoms with Crippen LogP contribution in [0.3, 0.4) is 0 Å². The Balaban J connectivity index is 2.16. The molecular formula is C15H24N2O. The van der Waals surface area contributed by atoms with Gasteiger partial charge in [0.25, 0.3) is 0 Å². The highest BCUT2D eigenvalue weighted by atomic mass is 16.6. The predicted octanol–water partition coefficient (Wildman–Crippen LogP) is 2.94. The molecule has 100 valence electrons. The molecule has 1 aromatic carbocycles. The highest BCUT2D eigenvalue weighted by Crippen LogP contribution is 2.29. The van der Waals surface area contributed by atoms with Gasteiger partial charge < -0.3 is 9.74 Å². The molecular weight excluding hydrogens is 224 g/mol. The van der Waals surface area contributed by atoms with Gasteiger partial charge in [0, 0.05) is 18.3 Å². The molecule has 0 aliphatic carbocycles. The van der Waals surface area contributed by atoms with Gasteiger partial charge in [-0.25, -0.2) is 5.90 Å². The fourth-order valence-electron chi connectivity index (χ4n) is 2.95. The van der Waals surface area contributed by atoms with Crippen LogP contribution in [0.4, 0.5) is 5.69 Å². The largest absolute Gasteiger partial charge is 0.368 e. The molecule has 1 aliphatic rings. The molecule has 1 heterocycles. The Morgan fingerprint density at radius 2 is 2.17 bits per heavy atom. The van der Waals surface area contributed by atoms with E-state index < -0.39 is 0 Å². The molecule has 3 nitrogen and oxygen atoms in total. The number of piperidine rings is 1. The van der Waals surface area contributed by atoms with E-state index in [1.807, 2.05) is 0 Å². The van der Waals surface area contributed by atoms with E-state index in [-0.39, 0.29) is 0 Å². The van der Waals surface area contributed by atoms with E-state index in [2.05, 4.69) is 36.9 Å². The van der Waals surface area contributed by atoms with Crippen molar-refractivity contribution < 1.29 is 4.84 Å². The van der Waals surface area contributed by atoms with Gasteiger partial charge in [-0.2, -0.15) is 0 Å². The van der Waals surface area contributed by atoms with Gasteiger partial charge >= 0.3 is 0 Å². The third-order valence-electron chi connectivity index (χ3n) is 3.86. The van der Waals surface area contributed by atoms with Crippen molar-refractivity contribution in [2.75, 3.05) is 18.1 Å². The lowest BCUT2D eigenvalue weighted by Crippen LogP contribution is -2.40. The maximum absolute atomic E-state index is 5.16. The number of nitrogens with two attached hydrogens (primary N) is 1. The van der Waals surface area contributed by atoms with Crippen molar-refractivity contribution in [1.29, 1.82) is 0 Å². The molecule has 1 aromatic rings. The number of hydrogen-bond donors (Lipinski definition) is 1. The molecule has 0 aromatic heterocycles. The van der Waals surface area contributed by atoms with Gasteiger partial charge in [-0.1, -0.05) is 17.7 Å². The SMILES string of the molecule is Cc1ccc(N2CCCCC2CCON)c(C)c1. The van der Waals surface area contributed by atoms with Crippen molar-refractivity contribution in [2.24, 2.45) is 5.90 Å². The first-order valence-corrected chi connectivity index (χ1v) is 6.88. The van der Waals surface area contributed by atoms with Crippen LogP contribution in [0.5, 0.6) is 0 Å². The molecule has 1 unspecified atom stereocenters. The van der Waals surface area contributed by atoms with E-state index in [9.17, 15) is 0 Å². The minimum Gasteiger partial charge on any atom is -0.368 e. The van der Waals surface area contributed by atoms with Crippen LogP contribution < -0.4 is 10.8 Å². The Labute approximate surface area is 110 Å². The smallest absolute Gasteiger partial charge is 0.0698 e. The normalized spacial score (nSPS) is 20.2. The number of nitrogens with zero attached hydrogens (tertiary/aromatic N) is 1. The topological polar surface area (TPSA) is 38.5 Å². The molecule has 1 atom stereocenters. The molecule has 0 spiro atoms. The van der Waals surface area contributed by atoms with Crippen LogP contribution in [-0.2, 0) is 4.84 Å². The van der Waals surface area contributed by atoms with Crippen LogP contribution in [-0.4, -0.2) is 19.2 Å². The summed E-state index contributed by atoms with van der Waals surface area (Å²) in [4.78, 5) is 7.29. The van der Waals surface area contributed by atoms with Gasteiger partial charge in [-0.3, -0.25) is 0 Å². The first-order valence-electron chi connectivity index (χ1n) is 6.88. The van der Waals surface area contributed by atoms with Gasteiger partial charge in [0.15, 0.2) is 0 Å². The Hall–Kier alpha value is -1.06. The van der Waals surface area contributed by atoms with E-state index in [1.54, 1.807) is 0 Å². The average Bonchev–Trinajstić information content (AvgIpc) is 2.37. The summed E-state index contributed by atoms with van der Waals surface area (Å²) in [7, 11) is 0. The molecule has 2 N–H and O–H groups in total. The molecule has 3 heteroatoms. The second-order valence-corrected chi connectivity index (χ2v) is 5.29. The summed E-state index contributed by atoms with van der Waals surface area (Å²) >= 11 is 0. The summed E-state index contributed by atoms with van der Waals surface area (Å²) < 4.78 is 0. The highest BCUT2D eigenvalue weighted by molar-refractivity contribution is 5.55. The maximum atomic E-state index is 5.16. The summed E-state index contributed by atoms with van der Waals surface area (Å²) in [5.41, 5.74) is 4.08. The monoisotopic (exact) mass is 248 g/mol. The fourth-order valence-corrected chi connectivity index (χ4v) is 2.95. The lowest BCUT2D eigenvalue weighted by molar-refractivity contribution is 0.127. The summed E-state index contributed by atoms with van der Waals surface area (Å²) in [6, 6.07) is 7.30. The van der Waals surface area contributed by atoms with Crippen LogP contribution >= 0.6 is 0 Å². The maximum Gasteiger partial charge on any atom is 0.0698 e. The quantitative estimate of drug-likeness (QED) is 0.833. The zero-order valence-corrected chi connectivity index (χ0v) is 11.5. The zero-order chi connectivity index (χ0) is 13.0. The van der Waals surface area contributed by atoms with Crippen molar-refractivity contribution in [2.45, 2.75) is 45.6 Å². The van der Waals surface area contributed by atoms with Crippen molar-refractivity contribution in [3.05, 3.63) is 29.3 Å². The summed E-state index contributed by atoms with van der Waals surface area (Å²) in [5.74, 6) is 5.16. The van der Waals surface area contributed by atoms with Crippen LogP contribution in [0.15, 0.2) is 18.2 Å². The Morgan fingerprint density at radius 3 is 2.89 bits per heavy atom. The second kappa shape index (κ2) is 6.21. The predicted molar refractivity (Wildman–Crippen MR) is 75.7 cm³/mol. The molecule has 1 saturated heterocycles. The lowest BCUT2D eigenvalue weighted by Gasteiger charge is -2.38. The summed E-state index contributed by atoms with van der Waals surface area (Å²) in [6.07, 6.45) is 4.87. The molecule has 0 radical (unpaired) electrons. The molecule has 0 saturated carbocycles. The van der Waals surface area contributed by atoms with Crippen LogP contribution in [0.2, 0.25) is 0 Å². The molecule has 0 bridgehead atoms. The van der Waals surface area contributed by atoms with Crippen molar-refractivity contribution in [3.63, 3.8) is 0 Å². The number of aryl methyl sites for hydroxylation is 2. The van der Waals surface area contributed by atoms with E-state index in [0.29, 0.717) is 12.6 Å². The van der Waals surface area contributed by atoms with Gasteiger partial charge in [0.2, 0.25) is 0 Å². The zero-order valence-electron chi connectivity index (χ0n) is 11.5. The standard InChI is InChI=1S/C15H24N2O/c1-12-6-7-15(13(2)11-12)17-9-4-3-5-14(17)8-10-18-16/h6-7,11,14H,3-5,8-10,16H2,1-2H3. The Kier molecular flexibility index (Phi) is 4.61. The van der Waals surface area contributed by atoms with Crippen molar-refractivity contribution >= 4 is 5.69 Å². The van der Waals surface area contributed by atoms with Crippen molar-refractivity contribution in [1.82, 2.24) is 0 Å². The lowest BCUT2D eigenvalue weighted by atomic mass is 9.97. The number of benzene rings is 1. The molecule has 0 amide bonds. The average molecular weight is 248 g/mol. The van der Waals surface area contributed by atoms with E-state index in [1.165, 1.54) is 36.1 Å². The van der Waals surface area contributed by atoms with E-state index >= 15 is 0 Å². The van der Waals surface area contributed by atoms with Gasteiger partial charge in [-0.05, 0) is 51.2 Å². The summed E-state index contributed by atoms with van der Waals surface area (Å²) in [5, 5.41) is 0. The molecule has 1 aliphatic heterocycles. The van der Waals surface area contributed by atoms with Crippen LogP contribution in [0.25, 0.3) is 0 Å². The van der Waals surface area contributed by atoms with E-state index in [4.69, 9.17) is 10.7 Å². The van der Waals surface area contributed by atoms with Gasteiger partial charge in [0.05, 0.1) is 6.61 Å². The Bertz CT molecular complexity index is 392.